The standard InChI is InChI=1S/C8H6BrF5N2O3S/c1-4(17)15-6-3-8(20(10,11,12,13)14)5(9)2-7(6)16(18)19/h2-3H,1H3,(H,15,17). The molecule has 1 N–H and O–H groups in total. The molecule has 20 heavy (non-hydrogen) atoms. The van der Waals surface area contributed by atoms with E-state index in [1.165, 1.54) is 0 Å². The average molecular weight is 385 g/mol. The van der Waals surface area contributed by atoms with E-state index in [2.05, 4.69) is 15.9 Å². The van der Waals surface area contributed by atoms with Crippen LogP contribution in [0.1, 0.15) is 6.92 Å². The highest BCUT2D eigenvalue weighted by atomic mass is 79.9. The Bertz CT molecular complexity index is 618. The second-order valence-electron chi connectivity index (χ2n) is 3.71. The Kier molecular flexibility index (Phi) is 3.36. The molecule has 0 atom stereocenters. The normalized spacial score (nSPS) is 15.2. The fourth-order valence-corrected chi connectivity index (χ4v) is 3.30. The molecule has 1 amide bonds. The minimum absolute atomic E-state index is 0.162. The molecule has 1 aromatic carbocycles. The molecular formula is C8H6BrF5N2O3S. The van der Waals surface area contributed by atoms with E-state index in [1.54, 1.807) is 5.32 Å². The van der Waals surface area contributed by atoms with Gasteiger partial charge in [-0.05, 0) is 22.0 Å². The first kappa shape index (κ1) is 16.6. The quantitative estimate of drug-likeness (QED) is 0.454. The Hall–Kier alpha value is -1.43. The lowest BCUT2D eigenvalue weighted by Crippen LogP contribution is -2.12. The summed E-state index contributed by atoms with van der Waals surface area (Å²) in [4.78, 5) is 18.0. The van der Waals surface area contributed by atoms with Crippen molar-refractivity contribution in [1.82, 2.24) is 0 Å². The number of hydrogen-bond acceptors (Lipinski definition) is 3. The van der Waals surface area contributed by atoms with Gasteiger partial charge in [-0.1, -0.05) is 19.4 Å². The SMILES string of the molecule is CC(=O)Nc1cc(S(F)(F)(F)(F)F)c(Br)cc1[N+](=O)[O-]. The second kappa shape index (κ2) is 4.04. The molecule has 0 aromatic heterocycles. The van der Waals surface area contributed by atoms with Crippen LogP contribution in [0.5, 0.6) is 0 Å². The fraction of sp³-hybridized carbons (Fsp3) is 0.125. The third kappa shape index (κ3) is 3.79. The van der Waals surface area contributed by atoms with Gasteiger partial charge in [0.25, 0.3) is 5.69 Å². The lowest BCUT2D eigenvalue weighted by Gasteiger charge is -2.41. The molecule has 0 unspecified atom stereocenters. The number of benzene rings is 1. The lowest BCUT2D eigenvalue weighted by atomic mass is 10.2. The minimum atomic E-state index is -10.1. The molecule has 0 radical (unpaired) electrons. The summed E-state index contributed by atoms with van der Waals surface area (Å²) < 4.78 is 62.5. The number of hydrogen-bond donors (Lipinski definition) is 1. The first-order chi connectivity index (χ1) is 8.61. The highest BCUT2D eigenvalue weighted by Gasteiger charge is 2.66. The van der Waals surface area contributed by atoms with Crippen LogP contribution >= 0.6 is 26.2 Å². The van der Waals surface area contributed by atoms with Crippen molar-refractivity contribution in [3.8, 4) is 0 Å². The molecule has 0 saturated heterocycles. The molecule has 114 valence electrons. The Morgan fingerprint density at radius 3 is 2.15 bits per heavy atom. The van der Waals surface area contributed by atoms with Gasteiger partial charge in [0.05, 0.1) is 4.92 Å². The van der Waals surface area contributed by atoms with Gasteiger partial charge in [-0.25, -0.2) is 0 Å². The molecule has 0 bridgehead atoms. The predicted molar refractivity (Wildman–Crippen MR) is 66.5 cm³/mol. The van der Waals surface area contributed by atoms with E-state index in [0.29, 0.717) is 0 Å². The van der Waals surface area contributed by atoms with Crippen LogP contribution in [0, 0.1) is 10.1 Å². The number of nitro groups is 1. The van der Waals surface area contributed by atoms with Crippen molar-refractivity contribution in [2.45, 2.75) is 11.8 Å². The number of nitrogens with zero attached hydrogens (tertiary/aromatic N) is 1. The molecule has 0 aliphatic rings. The molecular weight excluding hydrogens is 379 g/mol. The zero-order valence-electron chi connectivity index (χ0n) is 9.50. The number of halogens is 6. The van der Waals surface area contributed by atoms with Crippen molar-refractivity contribution in [3.63, 3.8) is 0 Å². The van der Waals surface area contributed by atoms with Crippen molar-refractivity contribution in [1.29, 1.82) is 0 Å². The topological polar surface area (TPSA) is 72.2 Å². The first-order valence-electron chi connectivity index (χ1n) is 4.61. The maximum Gasteiger partial charge on any atom is 0.311 e. The summed E-state index contributed by atoms with van der Waals surface area (Å²) in [5.74, 6) is -0.941. The van der Waals surface area contributed by atoms with Gasteiger partial charge in [0.15, 0.2) is 0 Å². The van der Waals surface area contributed by atoms with Crippen LogP contribution in [0.25, 0.3) is 0 Å². The van der Waals surface area contributed by atoms with Crippen LogP contribution in [-0.4, -0.2) is 10.8 Å². The number of carbonyl (C=O) groups excluding carboxylic acids is 1. The maximum absolute atomic E-state index is 12.7. The van der Waals surface area contributed by atoms with Crippen molar-refractivity contribution in [2.75, 3.05) is 5.32 Å². The third-order valence-corrected chi connectivity index (χ3v) is 4.06. The number of nitrogens with one attached hydrogen (secondary N) is 1. The number of nitro benzene ring substituents is 1. The summed E-state index contributed by atoms with van der Waals surface area (Å²) in [6.45, 7) is 0.866. The highest BCUT2D eigenvalue weighted by molar-refractivity contribution is 9.10. The first-order valence-corrected chi connectivity index (χ1v) is 7.36. The Morgan fingerprint density at radius 2 is 1.80 bits per heavy atom. The van der Waals surface area contributed by atoms with Gasteiger partial charge < -0.3 is 5.32 Å². The molecule has 12 heteroatoms. The van der Waals surface area contributed by atoms with Gasteiger partial charge in [0, 0.05) is 17.5 Å². The van der Waals surface area contributed by atoms with Crippen LogP contribution in [-0.2, 0) is 4.79 Å². The summed E-state index contributed by atoms with van der Waals surface area (Å²) in [6, 6.07) is 0.101. The van der Waals surface area contributed by atoms with Crippen LogP contribution in [0.3, 0.4) is 0 Å². The van der Waals surface area contributed by atoms with Crippen molar-refractivity contribution < 1.29 is 29.1 Å². The van der Waals surface area contributed by atoms with Gasteiger partial charge in [-0.3, -0.25) is 14.9 Å². The van der Waals surface area contributed by atoms with Crippen molar-refractivity contribution in [3.05, 3.63) is 26.7 Å². The van der Waals surface area contributed by atoms with Gasteiger partial charge >= 0.3 is 10.2 Å². The van der Waals surface area contributed by atoms with Gasteiger partial charge in [-0.15, -0.1) is 0 Å². The van der Waals surface area contributed by atoms with Crippen LogP contribution < -0.4 is 5.32 Å². The van der Waals surface area contributed by atoms with E-state index in [4.69, 9.17) is 0 Å². The highest BCUT2D eigenvalue weighted by Crippen LogP contribution is 3.02. The molecule has 0 saturated carbocycles. The summed E-state index contributed by atoms with van der Waals surface area (Å²) in [6.07, 6.45) is 0. The fourth-order valence-electron chi connectivity index (χ4n) is 1.28. The molecule has 0 heterocycles. The maximum atomic E-state index is 12.7. The smallest absolute Gasteiger partial charge is 0.311 e. The number of amides is 1. The predicted octanol–water partition coefficient (Wildman–Crippen LogP) is 4.97. The number of rotatable bonds is 3. The molecule has 0 aliphatic carbocycles. The largest absolute Gasteiger partial charge is 0.321 e. The zero-order chi connectivity index (χ0) is 16.0. The molecule has 0 fully saturated rings. The van der Waals surface area contributed by atoms with Gasteiger partial charge in [0.1, 0.15) is 10.6 Å². The van der Waals surface area contributed by atoms with E-state index in [-0.39, 0.29) is 12.1 Å². The summed E-state index contributed by atoms with van der Waals surface area (Å²) in [7, 11) is -10.1. The van der Waals surface area contributed by atoms with E-state index < -0.39 is 41.8 Å². The van der Waals surface area contributed by atoms with E-state index in [1.807, 2.05) is 0 Å². The van der Waals surface area contributed by atoms with E-state index >= 15 is 0 Å². The van der Waals surface area contributed by atoms with Crippen LogP contribution in [0.15, 0.2) is 21.5 Å². The monoisotopic (exact) mass is 384 g/mol. The van der Waals surface area contributed by atoms with Crippen molar-refractivity contribution in [2.24, 2.45) is 0 Å². The van der Waals surface area contributed by atoms with E-state index in [9.17, 15) is 34.3 Å². The number of carbonyl (C=O) groups is 1. The molecule has 0 aliphatic heterocycles. The van der Waals surface area contributed by atoms with E-state index in [0.717, 1.165) is 6.92 Å². The minimum Gasteiger partial charge on any atom is -0.321 e. The van der Waals surface area contributed by atoms with Crippen molar-refractivity contribution >= 4 is 43.4 Å². The van der Waals surface area contributed by atoms with Gasteiger partial charge in [-0.2, -0.15) is 0 Å². The molecule has 0 spiro atoms. The summed E-state index contributed by atoms with van der Waals surface area (Å²) >= 11 is 2.23. The molecule has 5 nitrogen and oxygen atoms in total. The molecule has 1 aromatic rings. The number of anilines is 1. The van der Waals surface area contributed by atoms with Crippen LogP contribution in [0.2, 0.25) is 0 Å². The third-order valence-electron chi connectivity index (χ3n) is 1.97. The average Bonchev–Trinajstić information content (AvgIpc) is 2.15. The summed E-state index contributed by atoms with van der Waals surface area (Å²) in [5.41, 5.74) is -1.91. The second-order valence-corrected chi connectivity index (χ2v) is 6.94. The van der Waals surface area contributed by atoms with Gasteiger partial charge in [0.2, 0.25) is 5.91 Å². The summed E-state index contributed by atoms with van der Waals surface area (Å²) in [5, 5.41) is 12.4. The Balaban J connectivity index is 3.69. The zero-order valence-corrected chi connectivity index (χ0v) is 11.9. The Labute approximate surface area is 117 Å². The Morgan fingerprint density at radius 1 is 1.30 bits per heavy atom. The van der Waals surface area contributed by atoms with Crippen LogP contribution in [0.4, 0.5) is 30.8 Å². The lowest BCUT2D eigenvalue weighted by molar-refractivity contribution is -0.384. The molecule has 1 rings (SSSR count).